The summed E-state index contributed by atoms with van der Waals surface area (Å²) in [7, 11) is 0. The third kappa shape index (κ3) is 3.75. The van der Waals surface area contributed by atoms with Gasteiger partial charge in [-0.05, 0) is 17.7 Å². The number of hydrogen-bond acceptors (Lipinski definition) is 3. The topological polar surface area (TPSA) is 24.5 Å². The van der Waals surface area contributed by atoms with E-state index >= 15 is 0 Å². The first-order chi connectivity index (χ1) is 9.20. The molecule has 0 amide bonds. The molecule has 0 unspecified atom stereocenters. The summed E-state index contributed by atoms with van der Waals surface area (Å²) < 4.78 is 28.5. The van der Waals surface area contributed by atoms with Crippen molar-refractivity contribution in [2.24, 2.45) is 0 Å². The van der Waals surface area contributed by atoms with Crippen molar-refractivity contribution in [1.29, 1.82) is 0 Å². The Morgan fingerprint density at radius 1 is 1.21 bits per heavy atom. The van der Waals surface area contributed by atoms with Crippen molar-refractivity contribution in [2.45, 2.75) is 12.7 Å². The molecule has 1 aromatic carbocycles. The minimum absolute atomic E-state index is 0.114. The van der Waals surface area contributed by atoms with Crippen LogP contribution >= 0.6 is 0 Å². The number of rotatable bonds is 5. The SMILES string of the molecule is C=C[C@@H](c1ccc(OC(F)F)cc1)N1CCNCC1. The smallest absolute Gasteiger partial charge is 0.387 e. The molecule has 0 spiro atoms. The maximum absolute atomic E-state index is 12.1. The molecule has 1 atom stereocenters. The van der Waals surface area contributed by atoms with Gasteiger partial charge in [0.2, 0.25) is 0 Å². The summed E-state index contributed by atoms with van der Waals surface area (Å²) in [4.78, 5) is 2.31. The molecule has 2 rings (SSSR count). The standard InChI is InChI=1S/C14H18F2N2O/c1-2-13(18-9-7-17-8-10-18)11-3-5-12(6-4-11)19-14(15)16/h2-6,13-14,17H,1,7-10H2/t13-/m0/s1. The summed E-state index contributed by atoms with van der Waals surface area (Å²) in [5.74, 6) is 0.182. The highest BCUT2D eigenvalue weighted by atomic mass is 19.3. The highest BCUT2D eigenvalue weighted by Gasteiger charge is 2.19. The molecule has 1 N–H and O–H groups in total. The van der Waals surface area contributed by atoms with Crippen LogP contribution in [0.4, 0.5) is 8.78 Å². The number of hydrogen-bond donors (Lipinski definition) is 1. The van der Waals surface area contributed by atoms with Crippen LogP contribution in [-0.2, 0) is 0 Å². The van der Waals surface area contributed by atoms with Crippen molar-refractivity contribution in [2.75, 3.05) is 26.2 Å². The van der Waals surface area contributed by atoms with Gasteiger partial charge in [-0.1, -0.05) is 18.2 Å². The Labute approximate surface area is 111 Å². The maximum atomic E-state index is 12.1. The summed E-state index contributed by atoms with van der Waals surface area (Å²) in [5.41, 5.74) is 1.04. The second-order valence-corrected chi connectivity index (χ2v) is 4.41. The van der Waals surface area contributed by atoms with Crippen molar-refractivity contribution in [3.05, 3.63) is 42.5 Å². The van der Waals surface area contributed by atoms with Gasteiger partial charge in [0.15, 0.2) is 0 Å². The molecule has 1 heterocycles. The summed E-state index contributed by atoms with van der Waals surface area (Å²) in [6.07, 6.45) is 1.88. The van der Waals surface area contributed by atoms with Crippen molar-refractivity contribution in [1.82, 2.24) is 10.2 Å². The molecule has 1 aliphatic rings. The van der Waals surface area contributed by atoms with Crippen LogP contribution in [0.3, 0.4) is 0 Å². The van der Waals surface area contributed by atoms with E-state index in [9.17, 15) is 8.78 Å². The number of halogens is 2. The Morgan fingerprint density at radius 2 is 1.84 bits per heavy atom. The second-order valence-electron chi connectivity index (χ2n) is 4.41. The first-order valence-corrected chi connectivity index (χ1v) is 6.33. The summed E-state index contributed by atoms with van der Waals surface area (Å²) in [5, 5.41) is 3.30. The molecule has 0 aromatic heterocycles. The van der Waals surface area contributed by atoms with Crippen molar-refractivity contribution < 1.29 is 13.5 Å². The van der Waals surface area contributed by atoms with Crippen LogP contribution in [0.15, 0.2) is 36.9 Å². The van der Waals surface area contributed by atoms with E-state index < -0.39 is 6.61 Å². The highest BCUT2D eigenvalue weighted by Crippen LogP contribution is 2.24. The molecule has 5 heteroatoms. The quantitative estimate of drug-likeness (QED) is 0.830. The van der Waals surface area contributed by atoms with Gasteiger partial charge in [0.05, 0.1) is 6.04 Å². The van der Waals surface area contributed by atoms with Crippen LogP contribution in [0.2, 0.25) is 0 Å². The first kappa shape index (κ1) is 14.0. The lowest BCUT2D eigenvalue weighted by Gasteiger charge is -2.33. The average Bonchev–Trinajstić information content (AvgIpc) is 2.42. The van der Waals surface area contributed by atoms with E-state index in [1.807, 2.05) is 18.2 Å². The van der Waals surface area contributed by atoms with Crippen LogP contribution in [0.1, 0.15) is 11.6 Å². The average molecular weight is 268 g/mol. The lowest BCUT2D eigenvalue weighted by atomic mass is 10.0. The Hall–Kier alpha value is -1.46. The number of nitrogens with zero attached hydrogens (tertiary/aromatic N) is 1. The van der Waals surface area contributed by atoms with Gasteiger partial charge in [0, 0.05) is 26.2 Å². The van der Waals surface area contributed by atoms with Crippen molar-refractivity contribution in [3.8, 4) is 5.75 Å². The van der Waals surface area contributed by atoms with Gasteiger partial charge in [0.1, 0.15) is 5.75 Å². The summed E-state index contributed by atoms with van der Waals surface area (Å²) in [6.45, 7) is 4.90. The number of nitrogens with one attached hydrogen (secondary N) is 1. The van der Waals surface area contributed by atoms with Crippen molar-refractivity contribution >= 4 is 0 Å². The van der Waals surface area contributed by atoms with E-state index in [4.69, 9.17) is 0 Å². The molecule has 1 aliphatic heterocycles. The van der Waals surface area contributed by atoms with E-state index in [0.717, 1.165) is 31.7 Å². The molecule has 1 fully saturated rings. The fourth-order valence-electron chi connectivity index (χ4n) is 2.30. The molecule has 104 valence electrons. The Morgan fingerprint density at radius 3 is 2.37 bits per heavy atom. The molecule has 0 saturated carbocycles. The third-order valence-corrected chi connectivity index (χ3v) is 3.22. The zero-order valence-electron chi connectivity index (χ0n) is 10.7. The van der Waals surface area contributed by atoms with E-state index in [1.165, 1.54) is 0 Å². The number of ether oxygens (including phenoxy) is 1. The molecular weight excluding hydrogens is 250 g/mol. The van der Waals surface area contributed by atoms with E-state index in [-0.39, 0.29) is 11.8 Å². The number of piperazine rings is 1. The minimum Gasteiger partial charge on any atom is -0.435 e. The zero-order chi connectivity index (χ0) is 13.7. The predicted octanol–water partition coefficient (Wildman–Crippen LogP) is 2.42. The lowest BCUT2D eigenvalue weighted by Crippen LogP contribution is -2.44. The second kappa shape index (κ2) is 6.63. The molecular formula is C14H18F2N2O. The van der Waals surface area contributed by atoms with Crippen LogP contribution in [-0.4, -0.2) is 37.7 Å². The maximum Gasteiger partial charge on any atom is 0.387 e. The van der Waals surface area contributed by atoms with Gasteiger partial charge in [-0.3, -0.25) is 4.90 Å². The van der Waals surface area contributed by atoms with E-state index in [2.05, 4.69) is 21.5 Å². The normalized spacial score (nSPS) is 18.3. The van der Waals surface area contributed by atoms with Crippen LogP contribution in [0.5, 0.6) is 5.75 Å². The first-order valence-electron chi connectivity index (χ1n) is 6.33. The van der Waals surface area contributed by atoms with Crippen LogP contribution in [0.25, 0.3) is 0 Å². The van der Waals surface area contributed by atoms with Crippen molar-refractivity contribution in [3.63, 3.8) is 0 Å². The third-order valence-electron chi connectivity index (χ3n) is 3.22. The largest absolute Gasteiger partial charge is 0.435 e. The van der Waals surface area contributed by atoms with Gasteiger partial charge in [-0.2, -0.15) is 8.78 Å². The van der Waals surface area contributed by atoms with E-state index in [0.29, 0.717) is 0 Å². The lowest BCUT2D eigenvalue weighted by molar-refractivity contribution is -0.0498. The summed E-state index contributed by atoms with van der Waals surface area (Å²) in [6, 6.07) is 6.88. The van der Waals surface area contributed by atoms with E-state index in [1.54, 1.807) is 12.1 Å². The molecule has 1 saturated heterocycles. The summed E-state index contributed by atoms with van der Waals surface area (Å²) >= 11 is 0. The molecule has 0 aliphatic carbocycles. The molecule has 1 aromatic rings. The van der Waals surface area contributed by atoms with Gasteiger partial charge in [-0.15, -0.1) is 6.58 Å². The molecule has 0 radical (unpaired) electrons. The van der Waals surface area contributed by atoms with Gasteiger partial charge < -0.3 is 10.1 Å². The Bertz CT molecular complexity index is 402. The zero-order valence-corrected chi connectivity index (χ0v) is 10.7. The van der Waals surface area contributed by atoms with Gasteiger partial charge in [0.25, 0.3) is 0 Å². The number of benzene rings is 1. The Kier molecular flexibility index (Phi) is 4.87. The fourth-order valence-corrected chi connectivity index (χ4v) is 2.30. The molecule has 3 nitrogen and oxygen atoms in total. The van der Waals surface area contributed by atoms with Gasteiger partial charge >= 0.3 is 6.61 Å². The predicted molar refractivity (Wildman–Crippen MR) is 70.5 cm³/mol. The minimum atomic E-state index is -2.78. The highest BCUT2D eigenvalue weighted by molar-refractivity contribution is 5.31. The van der Waals surface area contributed by atoms with Crippen LogP contribution < -0.4 is 10.1 Å². The fraction of sp³-hybridized carbons (Fsp3) is 0.429. The Balaban J connectivity index is 2.07. The monoisotopic (exact) mass is 268 g/mol. The van der Waals surface area contributed by atoms with Crippen LogP contribution in [0, 0.1) is 0 Å². The molecule has 19 heavy (non-hydrogen) atoms. The number of alkyl halides is 2. The molecule has 0 bridgehead atoms. The van der Waals surface area contributed by atoms with Gasteiger partial charge in [-0.25, -0.2) is 0 Å².